The Bertz CT molecular complexity index is 482. The molecule has 3 rings (SSSR count). The van der Waals surface area contributed by atoms with Gasteiger partial charge in [0, 0.05) is 23.2 Å². The van der Waals surface area contributed by atoms with Gasteiger partial charge in [-0.05, 0) is 30.9 Å². The van der Waals surface area contributed by atoms with Gasteiger partial charge in [-0.3, -0.25) is 0 Å². The molecule has 0 amide bonds. The van der Waals surface area contributed by atoms with Crippen LogP contribution in [0.1, 0.15) is 31.4 Å². The third kappa shape index (κ3) is 2.47. The number of aromatic nitrogens is 1. The van der Waals surface area contributed by atoms with E-state index in [2.05, 4.69) is 41.5 Å². The molecular formula is C15H18N2S. The van der Waals surface area contributed by atoms with Crippen molar-refractivity contribution in [3.8, 4) is 10.6 Å². The molecule has 2 aromatic rings. The highest BCUT2D eigenvalue weighted by atomic mass is 32.1. The first-order valence-corrected chi connectivity index (χ1v) is 7.44. The largest absolute Gasteiger partial charge is 0.310 e. The SMILES string of the molecule is C[C@H]1CC[C@H](c2ccc(-c3nccs3)cc2)NC1. The van der Waals surface area contributed by atoms with E-state index >= 15 is 0 Å². The Hall–Kier alpha value is -1.19. The fourth-order valence-corrected chi connectivity index (χ4v) is 3.15. The Morgan fingerprint density at radius 3 is 2.67 bits per heavy atom. The molecule has 1 N–H and O–H groups in total. The van der Waals surface area contributed by atoms with Gasteiger partial charge >= 0.3 is 0 Å². The van der Waals surface area contributed by atoms with Crippen LogP contribution in [0.5, 0.6) is 0 Å². The van der Waals surface area contributed by atoms with Gasteiger partial charge in [0.15, 0.2) is 0 Å². The van der Waals surface area contributed by atoms with Gasteiger partial charge in [0.05, 0.1) is 0 Å². The normalized spacial score (nSPS) is 24.1. The summed E-state index contributed by atoms with van der Waals surface area (Å²) in [7, 11) is 0. The monoisotopic (exact) mass is 258 g/mol. The van der Waals surface area contributed by atoms with Crippen LogP contribution >= 0.6 is 11.3 Å². The van der Waals surface area contributed by atoms with Gasteiger partial charge in [-0.1, -0.05) is 31.2 Å². The highest BCUT2D eigenvalue weighted by Gasteiger charge is 2.18. The van der Waals surface area contributed by atoms with Crippen molar-refractivity contribution >= 4 is 11.3 Å². The molecule has 18 heavy (non-hydrogen) atoms. The lowest BCUT2D eigenvalue weighted by molar-refractivity contribution is 0.333. The molecule has 3 heteroatoms. The van der Waals surface area contributed by atoms with Crippen LogP contribution in [0.2, 0.25) is 0 Å². The summed E-state index contributed by atoms with van der Waals surface area (Å²) in [5, 5.41) is 6.75. The predicted octanol–water partition coefficient (Wildman–Crippen LogP) is 3.87. The van der Waals surface area contributed by atoms with E-state index in [4.69, 9.17) is 0 Å². The smallest absolute Gasteiger partial charge is 0.123 e. The van der Waals surface area contributed by atoms with E-state index in [1.54, 1.807) is 11.3 Å². The summed E-state index contributed by atoms with van der Waals surface area (Å²) in [6, 6.07) is 9.39. The van der Waals surface area contributed by atoms with Gasteiger partial charge in [-0.25, -0.2) is 4.98 Å². The average molecular weight is 258 g/mol. The molecule has 2 atom stereocenters. The number of nitrogens with one attached hydrogen (secondary N) is 1. The molecule has 0 unspecified atom stereocenters. The molecule has 1 fully saturated rings. The Balaban J connectivity index is 1.75. The van der Waals surface area contributed by atoms with Gasteiger partial charge in [0.25, 0.3) is 0 Å². The first kappa shape index (κ1) is 11.9. The first-order valence-electron chi connectivity index (χ1n) is 6.56. The van der Waals surface area contributed by atoms with E-state index in [-0.39, 0.29) is 0 Å². The van der Waals surface area contributed by atoms with Crippen LogP contribution in [0.4, 0.5) is 0 Å². The van der Waals surface area contributed by atoms with Gasteiger partial charge in [-0.15, -0.1) is 11.3 Å². The molecule has 0 radical (unpaired) electrons. The number of thiazole rings is 1. The molecule has 0 spiro atoms. The van der Waals surface area contributed by atoms with Gasteiger partial charge in [-0.2, -0.15) is 0 Å². The summed E-state index contributed by atoms with van der Waals surface area (Å²) in [5.41, 5.74) is 2.63. The van der Waals surface area contributed by atoms with Crippen molar-refractivity contribution in [2.24, 2.45) is 5.92 Å². The molecule has 94 valence electrons. The zero-order valence-corrected chi connectivity index (χ0v) is 11.4. The minimum atomic E-state index is 0.534. The fraction of sp³-hybridized carbons (Fsp3) is 0.400. The molecule has 2 heterocycles. The van der Waals surface area contributed by atoms with Crippen molar-refractivity contribution in [2.75, 3.05) is 6.54 Å². The Morgan fingerprint density at radius 2 is 2.06 bits per heavy atom. The standard InChI is InChI=1S/C15H18N2S/c1-11-2-7-14(17-10-11)12-3-5-13(6-4-12)15-16-8-9-18-15/h3-6,8-9,11,14,17H,2,7,10H2,1H3/t11-,14+/m0/s1. The number of nitrogens with zero attached hydrogens (tertiary/aromatic N) is 1. The van der Waals surface area contributed by atoms with E-state index < -0.39 is 0 Å². The maximum Gasteiger partial charge on any atom is 0.123 e. The lowest BCUT2D eigenvalue weighted by atomic mass is 9.92. The minimum Gasteiger partial charge on any atom is -0.310 e. The fourth-order valence-electron chi connectivity index (χ4n) is 2.51. The second-order valence-corrected chi connectivity index (χ2v) is 6.00. The van der Waals surface area contributed by atoms with Crippen molar-refractivity contribution in [1.82, 2.24) is 10.3 Å². The highest BCUT2D eigenvalue weighted by Crippen LogP contribution is 2.28. The van der Waals surface area contributed by atoms with Crippen molar-refractivity contribution in [2.45, 2.75) is 25.8 Å². The summed E-state index contributed by atoms with van der Waals surface area (Å²) < 4.78 is 0. The lowest BCUT2D eigenvalue weighted by Gasteiger charge is -2.28. The van der Waals surface area contributed by atoms with Gasteiger partial charge in [0.1, 0.15) is 5.01 Å². The summed E-state index contributed by atoms with van der Waals surface area (Å²) in [4.78, 5) is 4.34. The van der Waals surface area contributed by atoms with E-state index in [1.807, 2.05) is 11.6 Å². The van der Waals surface area contributed by atoms with Gasteiger partial charge in [0.2, 0.25) is 0 Å². The molecule has 0 saturated carbocycles. The van der Waals surface area contributed by atoms with Crippen LogP contribution in [-0.4, -0.2) is 11.5 Å². The zero-order valence-electron chi connectivity index (χ0n) is 10.6. The molecule has 1 aromatic heterocycles. The molecule has 0 aliphatic carbocycles. The number of piperidine rings is 1. The zero-order chi connectivity index (χ0) is 12.4. The second-order valence-electron chi connectivity index (χ2n) is 5.10. The summed E-state index contributed by atoms with van der Waals surface area (Å²) in [5.74, 6) is 0.816. The number of rotatable bonds is 2. The van der Waals surface area contributed by atoms with Crippen LogP contribution in [0.25, 0.3) is 10.6 Å². The van der Waals surface area contributed by atoms with Crippen molar-refractivity contribution in [1.29, 1.82) is 0 Å². The Labute approximate surface area is 112 Å². The molecule has 1 saturated heterocycles. The van der Waals surface area contributed by atoms with Crippen LogP contribution in [0.3, 0.4) is 0 Å². The molecule has 1 aliphatic rings. The topological polar surface area (TPSA) is 24.9 Å². The second kappa shape index (κ2) is 5.21. The van der Waals surface area contributed by atoms with E-state index in [1.165, 1.54) is 24.0 Å². The maximum atomic E-state index is 4.34. The first-order chi connectivity index (χ1) is 8.83. The quantitative estimate of drug-likeness (QED) is 0.884. The van der Waals surface area contributed by atoms with Crippen molar-refractivity contribution in [3.05, 3.63) is 41.4 Å². The van der Waals surface area contributed by atoms with Crippen molar-refractivity contribution < 1.29 is 0 Å². The average Bonchev–Trinajstić information content (AvgIpc) is 2.94. The lowest BCUT2D eigenvalue weighted by Crippen LogP contribution is -2.31. The highest BCUT2D eigenvalue weighted by molar-refractivity contribution is 7.13. The molecule has 1 aromatic carbocycles. The third-order valence-electron chi connectivity index (χ3n) is 3.65. The van der Waals surface area contributed by atoms with Crippen LogP contribution < -0.4 is 5.32 Å². The molecule has 0 bridgehead atoms. The molecular weight excluding hydrogens is 240 g/mol. The minimum absolute atomic E-state index is 0.534. The molecule has 1 aliphatic heterocycles. The van der Waals surface area contributed by atoms with Crippen molar-refractivity contribution in [3.63, 3.8) is 0 Å². The summed E-state index contributed by atoms with van der Waals surface area (Å²) >= 11 is 1.69. The van der Waals surface area contributed by atoms with Crippen LogP contribution in [0, 0.1) is 5.92 Å². The van der Waals surface area contributed by atoms with E-state index in [9.17, 15) is 0 Å². The summed E-state index contributed by atoms with van der Waals surface area (Å²) in [6.07, 6.45) is 4.43. The Kier molecular flexibility index (Phi) is 3.43. The Morgan fingerprint density at radius 1 is 1.22 bits per heavy atom. The van der Waals surface area contributed by atoms with Crippen LogP contribution in [-0.2, 0) is 0 Å². The van der Waals surface area contributed by atoms with E-state index in [0.717, 1.165) is 17.5 Å². The number of hydrogen-bond donors (Lipinski definition) is 1. The number of hydrogen-bond acceptors (Lipinski definition) is 3. The number of benzene rings is 1. The third-order valence-corrected chi connectivity index (χ3v) is 4.48. The van der Waals surface area contributed by atoms with Crippen LogP contribution in [0.15, 0.2) is 35.8 Å². The predicted molar refractivity (Wildman–Crippen MR) is 76.7 cm³/mol. The maximum absolute atomic E-state index is 4.34. The van der Waals surface area contributed by atoms with Gasteiger partial charge < -0.3 is 5.32 Å². The van der Waals surface area contributed by atoms with E-state index in [0.29, 0.717) is 6.04 Å². The molecule has 2 nitrogen and oxygen atoms in total. The summed E-state index contributed by atoms with van der Waals surface area (Å²) in [6.45, 7) is 3.45.